The lowest BCUT2D eigenvalue weighted by Gasteiger charge is -2.07. The largest absolute Gasteiger partial charge is 0.314 e. The third kappa shape index (κ3) is 2.71. The zero-order chi connectivity index (χ0) is 14.0. The number of nitrogens with zero attached hydrogens (tertiary/aromatic N) is 4. The predicted molar refractivity (Wildman–Crippen MR) is 75.7 cm³/mol. The van der Waals surface area contributed by atoms with Gasteiger partial charge in [0, 0.05) is 5.38 Å². The number of anilines is 2. The van der Waals surface area contributed by atoms with Crippen LogP contribution in [0.2, 0.25) is 0 Å². The Morgan fingerprint density at radius 3 is 2.63 bits per heavy atom. The highest BCUT2D eigenvalue weighted by atomic mass is 32.1. The second kappa shape index (κ2) is 5.33. The van der Waals surface area contributed by atoms with Crippen molar-refractivity contribution in [3.63, 3.8) is 0 Å². The maximum atomic E-state index is 9.22. The number of thiazole rings is 1. The first-order valence-corrected chi connectivity index (χ1v) is 6.87. The van der Waals surface area contributed by atoms with Crippen LogP contribution in [0.4, 0.5) is 10.9 Å². The lowest BCUT2D eigenvalue weighted by molar-refractivity contribution is 0.834. The molecule has 19 heavy (non-hydrogen) atoms. The summed E-state index contributed by atoms with van der Waals surface area (Å²) in [7, 11) is 0. The molecular weight excluding hydrogens is 258 g/mol. The van der Waals surface area contributed by atoms with Crippen LogP contribution < -0.4 is 5.32 Å². The van der Waals surface area contributed by atoms with Crippen molar-refractivity contribution in [1.29, 1.82) is 5.26 Å². The highest BCUT2D eigenvalue weighted by Crippen LogP contribution is 2.26. The maximum Gasteiger partial charge on any atom is 0.188 e. The molecule has 0 atom stereocenters. The first kappa shape index (κ1) is 13.4. The van der Waals surface area contributed by atoms with Crippen molar-refractivity contribution in [2.75, 3.05) is 5.32 Å². The summed E-state index contributed by atoms with van der Waals surface area (Å²) in [5, 5.41) is 23.1. The van der Waals surface area contributed by atoms with Crippen LogP contribution in [-0.4, -0.2) is 15.2 Å². The van der Waals surface area contributed by atoms with E-state index in [1.54, 1.807) is 0 Å². The second-order valence-corrected chi connectivity index (χ2v) is 5.46. The van der Waals surface area contributed by atoms with Gasteiger partial charge in [0.25, 0.3) is 0 Å². The van der Waals surface area contributed by atoms with E-state index in [9.17, 15) is 5.26 Å². The van der Waals surface area contributed by atoms with Gasteiger partial charge in [-0.05, 0) is 25.3 Å². The minimum Gasteiger partial charge on any atom is -0.314 e. The Morgan fingerprint density at radius 2 is 2.05 bits per heavy atom. The Morgan fingerprint density at radius 1 is 1.32 bits per heavy atom. The molecule has 0 fully saturated rings. The van der Waals surface area contributed by atoms with Gasteiger partial charge in [-0.3, -0.25) is 0 Å². The molecule has 0 aromatic carbocycles. The van der Waals surface area contributed by atoms with Crippen molar-refractivity contribution in [3.05, 3.63) is 27.9 Å². The minimum absolute atomic E-state index is 0.382. The van der Waals surface area contributed by atoms with Gasteiger partial charge in [0.05, 0.1) is 11.4 Å². The van der Waals surface area contributed by atoms with E-state index in [0.717, 1.165) is 22.1 Å². The van der Waals surface area contributed by atoms with Gasteiger partial charge in [-0.1, -0.05) is 13.8 Å². The molecule has 0 aliphatic carbocycles. The lowest BCUT2D eigenvalue weighted by atomic mass is 10.1. The third-order valence-electron chi connectivity index (χ3n) is 2.91. The number of hydrogen-bond acceptors (Lipinski definition) is 6. The van der Waals surface area contributed by atoms with Gasteiger partial charge in [0.1, 0.15) is 11.6 Å². The summed E-state index contributed by atoms with van der Waals surface area (Å²) in [4.78, 5) is 4.46. The van der Waals surface area contributed by atoms with E-state index in [0.29, 0.717) is 17.3 Å². The molecule has 2 heterocycles. The van der Waals surface area contributed by atoms with Crippen molar-refractivity contribution >= 4 is 22.3 Å². The number of aromatic nitrogens is 3. The number of hydrogen-bond donors (Lipinski definition) is 1. The molecule has 0 radical (unpaired) electrons. The van der Waals surface area contributed by atoms with E-state index in [1.807, 2.05) is 19.2 Å². The van der Waals surface area contributed by atoms with Gasteiger partial charge in [-0.15, -0.1) is 16.4 Å². The molecule has 0 spiro atoms. The number of rotatable bonds is 3. The molecule has 98 valence electrons. The SMILES string of the molecule is Cc1nnc(Nc2nc(C(C)C)cs2)c(C#N)c1C. The van der Waals surface area contributed by atoms with E-state index < -0.39 is 0 Å². The Kier molecular flexibility index (Phi) is 3.76. The molecule has 5 nitrogen and oxygen atoms in total. The summed E-state index contributed by atoms with van der Waals surface area (Å²) in [6.45, 7) is 7.90. The third-order valence-corrected chi connectivity index (χ3v) is 3.68. The number of aryl methyl sites for hydroxylation is 1. The van der Waals surface area contributed by atoms with Crippen molar-refractivity contribution < 1.29 is 0 Å². The first-order chi connectivity index (χ1) is 9.02. The van der Waals surface area contributed by atoms with E-state index in [-0.39, 0.29) is 0 Å². The van der Waals surface area contributed by atoms with Crippen LogP contribution in [-0.2, 0) is 0 Å². The predicted octanol–water partition coefficient (Wildman–Crippen LogP) is 3.29. The summed E-state index contributed by atoms with van der Waals surface area (Å²) in [5.74, 6) is 0.850. The molecule has 2 aromatic rings. The van der Waals surface area contributed by atoms with Crippen LogP contribution in [0.1, 0.15) is 42.3 Å². The van der Waals surface area contributed by atoms with Gasteiger partial charge >= 0.3 is 0 Å². The van der Waals surface area contributed by atoms with E-state index in [2.05, 4.69) is 40.4 Å². The van der Waals surface area contributed by atoms with Crippen molar-refractivity contribution in [2.45, 2.75) is 33.6 Å². The molecular formula is C13H15N5S. The zero-order valence-corrected chi connectivity index (χ0v) is 12.2. The number of nitrogens with one attached hydrogen (secondary N) is 1. The Hall–Kier alpha value is -2.00. The Labute approximate surface area is 116 Å². The fourth-order valence-corrected chi connectivity index (χ4v) is 2.41. The molecule has 0 saturated heterocycles. The Bertz CT molecular complexity index is 639. The topological polar surface area (TPSA) is 74.5 Å². The number of nitriles is 1. The summed E-state index contributed by atoms with van der Waals surface area (Å²) >= 11 is 1.50. The molecule has 0 aliphatic heterocycles. The van der Waals surface area contributed by atoms with Crippen LogP contribution in [0.3, 0.4) is 0 Å². The molecule has 0 aliphatic rings. The van der Waals surface area contributed by atoms with E-state index in [1.165, 1.54) is 11.3 Å². The fourth-order valence-electron chi connectivity index (χ4n) is 1.54. The average Bonchev–Trinajstić information content (AvgIpc) is 2.83. The van der Waals surface area contributed by atoms with Crippen LogP contribution in [0.5, 0.6) is 0 Å². The van der Waals surface area contributed by atoms with Gasteiger partial charge in [0.15, 0.2) is 10.9 Å². The van der Waals surface area contributed by atoms with Crippen LogP contribution in [0, 0.1) is 25.2 Å². The fraction of sp³-hybridized carbons (Fsp3) is 0.385. The quantitative estimate of drug-likeness (QED) is 0.928. The molecule has 0 unspecified atom stereocenters. The standard InChI is InChI=1S/C13H15N5S/c1-7(2)11-6-19-13(15-11)16-12-10(5-14)8(3)9(4)17-18-12/h6-7H,1-4H3,(H,15,16,18). The first-order valence-electron chi connectivity index (χ1n) is 5.99. The summed E-state index contributed by atoms with van der Waals surface area (Å²) in [6, 6.07) is 2.17. The summed E-state index contributed by atoms with van der Waals surface area (Å²) in [5.41, 5.74) is 3.17. The van der Waals surface area contributed by atoms with Crippen molar-refractivity contribution in [1.82, 2.24) is 15.2 Å². The zero-order valence-electron chi connectivity index (χ0n) is 11.4. The summed E-state index contributed by atoms with van der Waals surface area (Å²) < 4.78 is 0. The summed E-state index contributed by atoms with van der Waals surface area (Å²) in [6.07, 6.45) is 0. The monoisotopic (exact) mass is 273 g/mol. The highest BCUT2D eigenvalue weighted by Gasteiger charge is 2.13. The van der Waals surface area contributed by atoms with Crippen LogP contribution in [0.15, 0.2) is 5.38 Å². The smallest absolute Gasteiger partial charge is 0.188 e. The van der Waals surface area contributed by atoms with E-state index in [4.69, 9.17) is 0 Å². The lowest BCUT2D eigenvalue weighted by Crippen LogP contribution is -2.03. The normalized spacial score (nSPS) is 10.5. The van der Waals surface area contributed by atoms with Gasteiger partial charge in [0.2, 0.25) is 0 Å². The molecule has 0 amide bonds. The molecule has 2 rings (SSSR count). The van der Waals surface area contributed by atoms with Gasteiger partial charge in [-0.25, -0.2) is 4.98 Å². The van der Waals surface area contributed by atoms with Gasteiger partial charge in [-0.2, -0.15) is 10.4 Å². The van der Waals surface area contributed by atoms with E-state index >= 15 is 0 Å². The molecule has 2 aromatic heterocycles. The molecule has 6 heteroatoms. The Balaban J connectivity index is 2.33. The minimum atomic E-state index is 0.382. The molecule has 1 N–H and O–H groups in total. The van der Waals surface area contributed by atoms with Crippen LogP contribution in [0.25, 0.3) is 0 Å². The van der Waals surface area contributed by atoms with Crippen molar-refractivity contribution in [2.24, 2.45) is 0 Å². The second-order valence-electron chi connectivity index (χ2n) is 4.60. The van der Waals surface area contributed by atoms with Crippen molar-refractivity contribution in [3.8, 4) is 6.07 Å². The molecule has 0 bridgehead atoms. The average molecular weight is 273 g/mol. The van der Waals surface area contributed by atoms with Gasteiger partial charge < -0.3 is 5.32 Å². The molecule has 0 saturated carbocycles. The maximum absolute atomic E-state index is 9.22. The highest BCUT2D eigenvalue weighted by molar-refractivity contribution is 7.13. The van der Waals surface area contributed by atoms with Crippen LogP contribution >= 0.6 is 11.3 Å².